The van der Waals surface area contributed by atoms with Gasteiger partial charge in [-0.3, -0.25) is 0 Å². The van der Waals surface area contributed by atoms with Crippen LogP contribution in [0.25, 0.3) is 0 Å². The van der Waals surface area contributed by atoms with Gasteiger partial charge in [-0.1, -0.05) is 25.6 Å². The third-order valence-electron chi connectivity index (χ3n) is 1.76. The monoisotopic (exact) mass is 604 g/mol. The minimum Gasteiger partial charge on any atom is -0.150 e. The van der Waals surface area contributed by atoms with Crippen LogP contribution in [0.4, 0.5) is 0 Å². The summed E-state index contributed by atoms with van der Waals surface area (Å²) in [6, 6.07) is 0. The van der Waals surface area contributed by atoms with E-state index < -0.39 is 8.07 Å². The van der Waals surface area contributed by atoms with E-state index in [0.717, 1.165) is 19.0 Å². The van der Waals surface area contributed by atoms with Gasteiger partial charge in [-0.15, -0.1) is 16.9 Å². The second kappa shape index (κ2) is 10.1. The van der Waals surface area contributed by atoms with Crippen LogP contribution in [0.5, 0.6) is 0 Å². The smallest absolute Gasteiger partial charge is 0.129 e. The Labute approximate surface area is 168 Å². The van der Waals surface area contributed by atoms with Crippen molar-refractivity contribution < 1.29 is 20.4 Å². The first-order valence-electron chi connectivity index (χ1n) is 5.41. The van der Waals surface area contributed by atoms with Crippen LogP contribution >= 0.6 is 70.5 Å². The first-order chi connectivity index (χ1) is 8.79. The van der Waals surface area contributed by atoms with Gasteiger partial charge in [0, 0.05) is 60.9 Å². The van der Waals surface area contributed by atoms with Crippen molar-refractivity contribution in [2.75, 3.05) is 0 Å². The summed E-state index contributed by atoms with van der Waals surface area (Å²) in [5.74, 6) is 3.21. The van der Waals surface area contributed by atoms with Gasteiger partial charge in [0.05, 0.1) is 0 Å². The SMILES string of the molecule is Brc1cscc1Br.C[Si](C)(C)C#Cc1cscc1Br.[Pd]. The van der Waals surface area contributed by atoms with E-state index in [1.807, 2.05) is 10.8 Å². The summed E-state index contributed by atoms with van der Waals surface area (Å²) < 4.78 is 3.40. The van der Waals surface area contributed by atoms with E-state index in [9.17, 15) is 0 Å². The Bertz CT molecular complexity index is 574. The molecule has 0 spiro atoms. The fourth-order valence-corrected chi connectivity index (χ4v) is 4.47. The molecule has 2 rings (SSSR count). The van der Waals surface area contributed by atoms with Crippen LogP contribution in [0.1, 0.15) is 5.56 Å². The Kier molecular flexibility index (Phi) is 10.8. The van der Waals surface area contributed by atoms with Gasteiger partial charge >= 0.3 is 0 Å². The van der Waals surface area contributed by atoms with E-state index in [1.165, 1.54) is 0 Å². The van der Waals surface area contributed by atoms with Crippen LogP contribution in [-0.2, 0) is 20.4 Å². The molecule has 7 heteroatoms. The predicted molar refractivity (Wildman–Crippen MR) is 102 cm³/mol. The number of hydrogen-bond donors (Lipinski definition) is 0. The maximum atomic E-state index is 3.46. The molecule has 0 bridgehead atoms. The maximum absolute atomic E-state index is 3.46. The third-order valence-corrected chi connectivity index (χ3v) is 7.53. The average Bonchev–Trinajstić information content (AvgIpc) is 2.86. The summed E-state index contributed by atoms with van der Waals surface area (Å²) in [6.45, 7) is 6.75. The van der Waals surface area contributed by atoms with Gasteiger partial charge < -0.3 is 0 Å². The van der Waals surface area contributed by atoms with Crippen molar-refractivity contribution in [3.63, 3.8) is 0 Å². The van der Waals surface area contributed by atoms with Crippen LogP contribution in [0.3, 0.4) is 0 Å². The van der Waals surface area contributed by atoms with Crippen LogP contribution in [0.2, 0.25) is 19.6 Å². The fourth-order valence-electron chi connectivity index (χ4n) is 0.892. The minimum absolute atomic E-state index is 0. The van der Waals surface area contributed by atoms with Crippen molar-refractivity contribution in [2.24, 2.45) is 0 Å². The molecule has 2 heterocycles. The van der Waals surface area contributed by atoms with E-state index in [2.05, 4.69) is 89.7 Å². The molecule has 0 fully saturated rings. The number of thiophene rings is 2. The van der Waals surface area contributed by atoms with Crippen molar-refractivity contribution in [3.8, 4) is 11.5 Å². The zero-order valence-corrected chi connectivity index (χ0v) is 20.0. The summed E-state index contributed by atoms with van der Waals surface area (Å²) >= 11 is 13.5. The fraction of sp³-hybridized carbons (Fsp3) is 0.231. The number of halogens is 3. The van der Waals surface area contributed by atoms with Gasteiger partial charge in [-0.25, -0.2) is 0 Å². The Morgan fingerprint density at radius 3 is 1.60 bits per heavy atom. The molecule has 0 aliphatic heterocycles. The molecule has 0 saturated carbocycles. The first kappa shape index (κ1) is 21.3. The van der Waals surface area contributed by atoms with Gasteiger partial charge in [0.15, 0.2) is 0 Å². The Balaban J connectivity index is 0.000000387. The van der Waals surface area contributed by atoms with Crippen molar-refractivity contribution in [1.82, 2.24) is 0 Å². The molecule has 0 atom stereocenters. The van der Waals surface area contributed by atoms with E-state index >= 15 is 0 Å². The van der Waals surface area contributed by atoms with Crippen LogP contribution < -0.4 is 0 Å². The van der Waals surface area contributed by atoms with Crippen molar-refractivity contribution in [1.29, 1.82) is 0 Å². The quantitative estimate of drug-likeness (QED) is 0.223. The molecular formula is C13H13Br3PdS2Si. The molecule has 0 amide bonds. The van der Waals surface area contributed by atoms with Gasteiger partial charge in [0.2, 0.25) is 0 Å². The van der Waals surface area contributed by atoms with Crippen LogP contribution in [-0.4, -0.2) is 8.07 Å². The van der Waals surface area contributed by atoms with Crippen molar-refractivity contribution >= 4 is 78.5 Å². The Hall–Kier alpha value is 1.28. The molecule has 0 unspecified atom stereocenters. The van der Waals surface area contributed by atoms with Gasteiger partial charge in [0.1, 0.15) is 8.07 Å². The normalized spacial score (nSPS) is 9.70. The standard InChI is InChI=1S/C9H11BrSSi.C4H2Br2S.Pd/c1-12(2,3)5-4-8-6-11-7-9(8)10;5-3-1-7-2-4(3)6;/h6-7H,1-3H3;1-2H;. The summed E-state index contributed by atoms with van der Waals surface area (Å²) in [5.41, 5.74) is 4.46. The molecule has 0 saturated heterocycles. The molecule has 2 aromatic rings. The van der Waals surface area contributed by atoms with Gasteiger partial charge in [-0.05, 0) is 47.8 Å². The summed E-state index contributed by atoms with van der Waals surface area (Å²) in [7, 11) is -1.21. The van der Waals surface area contributed by atoms with Crippen LogP contribution in [0.15, 0.2) is 34.9 Å². The van der Waals surface area contributed by atoms with E-state index in [4.69, 9.17) is 0 Å². The van der Waals surface area contributed by atoms with Crippen LogP contribution in [0, 0.1) is 11.5 Å². The third kappa shape index (κ3) is 8.66. The van der Waals surface area contributed by atoms with Crippen molar-refractivity contribution in [3.05, 3.63) is 40.5 Å². The minimum atomic E-state index is -1.21. The molecule has 112 valence electrons. The molecule has 0 radical (unpaired) electrons. The molecular weight excluding hydrogens is 594 g/mol. The molecule has 0 nitrogen and oxygen atoms in total. The summed E-state index contributed by atoms with van der Waals surface area (Å²) in [4.78, 5) is 0. The molecule has 0 aromatic carbocycles. The second-order valence-corrected chi connectivity index (χ2v) is 13.5. The largest absolute Gasteiger partial charge is 0.150 e. The first-order valence-corrected chi connectivity index (χ1v) is 13.2. The van der Waals surface area contributed by atoms with E-state index in [-0.39, 0.29) is 20.4 Å². The van der Waals surface area contributed by atoms with Gasteiger partial charge in [-0.2, -0.15) is 11.3 Å². The average molecular weight is 608 g/mol. The van der Waals surface area contributed by atoms with E-state index in [0.29, 0.717) is 0 Å². The second-order valence-electron chi connectivity index (χ2n) is 4.70. The molecule has 0 aliphatic carbocycles. The maximum Gasteiger partial charge on any atom is 0.129 e. The number of hydrogen-bond acceptors (Lipinski definition) is 2. The molecule has 2 aromatic heterocycles. The van der Waals surface area contributed by atoms with Gasteiger partial charge in [0.25, 0.3) is 0 Å². The molecule has 20 heavy (non-hydrogen) atoms. The Morgan fingerprint density at radius 1 is 0.850 bits per heavy atom. The Morgan fingerprint density at radius 2 is 1.30 bits per heavy atom. The zero-order valence-electron chi connectivity index (χ0n) is 11.1. The van der Waals surface area contributed by atoms with E-state index in [1.54, 1.807) is 22.7 Å². The molecule has 0 aliphatic rings. The predicted octanol–water partition coefficient (Wildman–Crippen LogP) is 7.01. The topological polar surface area (TPSA) is 0 Å². The summed E-state index contributed by atoms with van der Waals surface area (Å²) in [6.07, 6.45) is 0. The number of rotatable bonds is 0. The van der Waals surface area contributed by atoms with Crippen molar-refractivity contribution in [2.45, 2.75) is 19.6 Å². The zero-order chi connectivity index (χ0) is 14.5. The summed E-state index contributed by atoms with van der Waals surface area (Å²) in [5, 5.41) is 8.21. The molecule has 0 N–H and O–H groups in total.